The highest BCUT2D eigenvalue weighted by molar-refractivity contribution is 6.21. The molecule has 1 aromatic carbocycles. The van der Waals surface area contributed by atoms with E-state index in [1.54, 1.807) is 13.8 Å². The van der Waals surface area contributed by atoms with Crippen LogP contribution in [0.3, 0.4) is 0 Å². The largest absolute Gasteiger partial charge is 0.493 e. The van der Waals surface area contributed by atoms with Crippen molar-refractivity contribution in [3.63, 3.8) is 0 Å². The normalized spacial score (nSPS) is 25.3. The summed E-state index contributed by atoms with van der Waals surface area (Å²) in [6.45, 7) is 4.32. The van der Waals surface area contributed by atoms with Gasteiger partial charge < -0.3 is 19.7 Å². The van der Waals surface area contributed by atoms with Gasteiger partial charge >= 0.3 is 5.97 Å². The second kappa shape index (κ2) is 12.2. The fraction of sp³-hybridized carbons (Fsp3) is 0.609. The SMILES string of the molecule is CCOC(=O)CCC/C=C\C[C@@H]1[C@@H](COc2cccc(C(C)O)c2)[C@H](O)C[C@H]1Cl. The number of aliphatic hydroxyl groups is 2. The summed E-state index contributed by atoms with van der Waals surface area (Å²) in [7, 11) is 0. The summed E-state index contributed by atoms with van der Waals surface area (Å²) < 4.78 is 10.8. The first-order valence-electron chi connectivity index (χ1n) is 10.5. The van der Waals surface area contributed by atoms with Crippen LogP contribution in [0.2, 0.25) is 0 Å². The number of rotatable bonds is 11. The van der Waals surface area contributed by atoms with Gasteiger partial charge in [-0.3, -0.25) is 4.79 Å². The molecule has 6 heteroatoms. The van der Waals surface area contributed by atoms with Crippen molar-refractivity contribution >= 4 is 17.6 Å². The summed E-state index contributed by atoms with van der Waals surface area (Å²) in [6.07, 6.45) is 6.46. The van der Waals surface area contributed by atoms with Crippen LogP contribution in [-0.4, -0.2) is 40.9 Å². The number of carbonyl (C=O) groups excluding carboxylic acids is 1. The zero-order chi connectivity index (χ0) is 21.2. The Labute approximate surface area is 178 Å². The predicted molar refractivity (Wildman–Crippen MR) is 114 cm³/mol. The van der Waals surface area contributed by atoms with Crippen LogP contribution in [0.25, 0.3) is 0 Å². The van der Waals surface area contributed by atoms with Crippen LogP contribution >= 0.6 is 11.6 Å². The highest BCUT2D eigenvalue weighted by Crippen LogP contribution is 2.39. The maximum absolute atomic E-state index is 11.3. The minimum absolute atomic E-state index is 0.0445. The number of unbranched alkanes of at least 4 members (excludes halogenated alkanes) is 1. The molecular weight excluding hydrogens is 392 g/mol. The molecule has 0 saturated heterocycles. The molecule has 0 aromatic heterocycles. The molecule has 1 aliphatic rings. The third-order valence-electron chi connectivity index (χ3n) is 5.39. The van der Waals surface area contributed by atoms with Gasteiger partial charge in [-0.2, -0.15) is 0 Å². The Hall–Kier alpha value is -1.56. The highest BCUT2D eigenvalue weighted by atomic mass is 35.5. The Morgan fingerprint density at radius 2 is 2.14 bits per heavy atom. The predicted octanol–water partition coefficient (Wildman–Crippen LogP) is 4.40. The first kappa shape index (κ1) is 23.7. The van der Waals surface area contributed by atoms with Gasteiger partial charge in [-0.15, -0.1) is 11.6 Å². The summed E-state index contributed by atoms with van der Waals surface area (Å²) in [5.74, 6) is 0.615. The average Bonchev–Trinajstić information content (AvgIpc) is 2.95. The van der Waals surface area contributed by atoms with Gasteiger partial charge in [0.1, 0.15) is 5.75 Å². The number of hydrogen-bond donors (Lipinski definition) is 2. The molecule has 1 fully saturated rings. The maximum atomic E-state index is 11.3. The van der Waals surface area contributed by atoms with Crippen molar-refractivity contribution in [2.45, 2.75) is 63.5 Å². The number of allylic oxidation sites excluding steroid dienone is 2. The Kier molecular flexibility index (Phi) is 9.98. The molecule has 0 aliphatic heterocycles. The van der Waals surface area contributed by atoms with Gasteiger partial charge in [0.05, 0.1) is 25.4 Å². The molecule has 1 unspecified atom stereocenters. The minimum atomic E-state index is -0.551. The molecule has 0 spiro atoms. The molecule has 29 heavy (non-hydrogen) atoms. The number of carbonyl (C=O) groups is 1. The lowest BCUT2D eigenvalue weighted by molar-refractivity contribution is -0.143. The second-order valence-corrected chi connectivity index (χ2v) is 8.17. The van der Waals surface area contributed by atoms with Crippen LogP contribution in [0, 0.1) is 11.8 Å². The topological polar surface area (TPSA) is 76.0 Å². The molecule has 5 nitrogen and oxygen atoms in total. The third-order valence-corrected chi connectivity index (χ3v) is 5.89. The first-order valence-corrected chi connectivity index (χ1v) is 10.9. The molecule has 0 amide bonds. The fourth-order valence-electron chi connectivity index (χ4n) is 3.72. The number of alkyl halides is 1. The number of ether oxygens (including phenoxy) is 2. The lowest BCUT2D eigenvalue weighted by atomic mass is 9.92. The van der Waals surface area contributed by atoms with Crippen molar-refractivity contribution in [2.75, 3.05) is 13.2 Å². The van der Waals surface area contributed by atoms with Crippen LogP contribution in [0.4, 0.5) is 0 Å². The van der Waals surface area contributed by atoms with Crippen LogP contribution in [0.1, 0.15) is 57.6 Å². The summed E-state index contributed by atoms with van der Waals surface area (Å²) >= 11 is 6.49. The van der Waals surface area contributed by atoms with Crippen LogP contribution in [0.5, 0.6) is 5.75 Å². The quantitative estimate of drug-likeness (QED) is 0.238. The van der Waals surface area contributed by atoms with Crippen molar-refractivity contribution < 1.29 is 24.5 Å². The molecule has 0 radical (unpaired) electrons. The van der Waals surface area contributed by atoms with Crippen LogP contribution < -0.4 is 4.74 Å². The standard InChI is InChI=1S/C23H33ClO5/c1-3-28-23(27)12-7-5-4-6-11-19-20(22(26)14-21(19)24)15-29-18-10-8-9-17(13-18)16(2)25/h4,6,8-10,13,16,19-22,25-26H,3,5,7,11-12,14-15H2,1-2H3/b6-4-/t16?,19-,20-,21-,22-/m1/s1. The number of benzene rings is 1. The molecule has 2 rings (SSSR count). The summed E-state index contributed by atoms with van der Waals surface area (Å²) in [5, 5.41) is 20.0. The van der Waals surface area contributed by atoms with Gasteiger partial charge in [0.15, 0.2) is 0 Å². The molecule has 1 aromatic rings. The molecular formula is C23H33ClO5. The van der Waals surface area contributed by atoms with E-state index in [9.17, 15) is 15.0 Å². The lowest BCUT2D eigenvalue weighted by Crippen LogP contribution is -2.27. The molecule has 2 N–H and O–H groups in total. The van der Waals surface area contributed by atoms with Crippen LogP contribution in [0.15, 0.2) is 36.4 Å². The van der Waals surface area contributed by atoms with E-state index >= 15 is 0 Å². The smallest absolute Gasteiger partial charge is 0.305 e. The van der Waals surface area contributed by atoms with Gasteiger partial charge in [-0.1, -0.05) is 24.3 Å². The van der Waals surface area contributed by atoms with Gasteiger partial charge in [-0.05, 0) is 63.1 Å². The van der Waals surface area contributed by atoms with E-state index in [1.165, 1.54) is 0 Å². The zero-order valence-corrected chi connectivity index (χ0v) is 18.1. The molecule has 162 valence electrons. The van der Waals surface area contributed by atoms with E-state index in [-0.39, 0.29) is 23.2 Å². The fourth-order valence-corrected chi connectivity index (χ4v) is 4.19. The van der Waals surface area contributed by atoms with Gasteiger partial charge in [0.25, 0.3) is 0 Å². The summed E-state index contributed by atoms with van der Waals surface area (Å²) in [5.41, 5.74) is 0.798. The molecule has 1 aliphatic carbocycles. The maximum Gasteiger partial charge on any atom is 0.305 e. The average molecular weight is 425 g/mol. The van der Waals surface area contributed by atoms with Gasteiger partial charge in [0.2, 0.25) is 0 Å². The Morgan fingerprint density at radius 3 is 2.86 bits per heavy atom. The second-order valence-electron chi connectivity index (χ2n) is 7.61. The number of aliphatic hydroxyl groups excluding tert-OH is 2. The monoisotopic (exact) mass is 424 g/mol. The van der Waals surface area contributed by atoms with Gasteiger partial charge in [-0.25, -0.2) is 0 Å². The summed E-state index contributed by atoms with van der Waals surface area (Å²) in [4.78, 5) is 11.3. The van der Waals surface area contributed by atoms with Crippen molar-refractivity contribution in [1.29, 1.82) is 0 Å². The molecule has 1 saturated carbocycles. The Morgan fingerprint density at radius 1 is 1.34 bits per heavy atom. The molecule has 0 heterocycles. The number of esters is 1. The van der Waals surface area contributed by atoms with Crippen molar-refractivity contribution in [3.05, 3.63) is 42.0 Å². The van der Waals surface area contributed by atoms with Crippen molar-refractivity contribution in [2.24, 2.45) is 11.8 Å². The Balaban J connectivity index is 1.83. The van der Waals surface area contributed by atoms with E-state index in [4.69, 9.17) is 21.1 Å². The number of hydrogen-bond acceptors (Lipinski definition) is 5. The summed E-state index contributed by atoms with van der Waals surface area (Å²) in [6, 6.07) is 7.38. The molecule has 5 atom stereocenters. The lowest BCUT2D eigenvalue weighted by Gasteiger charge is -2.23. The minimum Gasteiger partial charge on any atom is -0.493 e. The van der Waals surface area contributed by atoms with E-state index < -0.39 is 12.2 Å². The first-order chi connectivity index (χ1) is 13.9. The van der Waals surface area contributed by atoms with E-state index in [0.29, 0.717) is 31.8 Å². The van der Waals surface area contributed by atoms with E-state index in [2.05, 4.69) is 12.2 Å². The van der Waals surface area contributed by atoms with Crippen molar-refractivity contribution in [1.82, 2.24) is 0 Å². The third kappa shape index (κ3) is 7.65. The van der Waals surface area contributed by atoms with Gasteiger partial charge in [0, 0.05) is 17.7 Å². The van der Waals surface area contributed by atoms with E-state index in [1.807, 2.05) is 24.3 Å². The molecule has 0 bridgehead atoms. The van der Waals surface area contributed by atoms with E-state index in [0.717, 1.165) is 24.8 Å². The Bertz CT molecular complexity index is 660. The zero-order valence-electron chi connectivity index (χ0n) is 17.3. The number of halogens is 1. The van der Waals surface area contributed by atoms with Crippen LogP contribution in [-0.2, 0) is 9.53 Å². The highest BCUT2D eigenvalue weighted by Gasteiger charge is 2.41. The van der Waals surface area contributed by atoms with Crippen molar-refractivity contribution in [3.8, 4) is 5.75 Å².